The van der Waals surface area contributed by atoms with E-state index in [9.17, 15) is 32.6 Å². The van der Waals surface area contributed by atoms with Crippen molar-refractivity contribution in [2.45, 2.75) is 10.7 Å². The van der Waals surface area contributed by atoms with Gasteiger partial charge in [-0.25, -0.2) is 0 Å². The zero-order valence-corrected chi connectivity index (χ0v) is 8.33. The van der Waals surface area contributed by atoms with Gasteiger partial charge < -0.3 is 0 Å². The predicted molar refractivity (Wildman–Crippen MR) is 35.8 cm³/mol. The van der Waals surface area contributed by atoms with E-state index >= 15 is 0 Å². The molecule has 0 aromatic rings. The number of hydrogen-bond acceptors (Lipinski definition) is 2. The molecule has 0 bridgehead atoms. The Labute approximate surface area is 86.9 Å². The minimum atomic E-state index is -10.7. The van der Waals surface area contributed by atoms with E-state index in [1.165, 1.54) is 4.33 Å². The molecule has 0 saturated heterocycles. The van der Waals surface area contributed by atoms with Crippen LogP contribution in [0, 0.1) is 0 Å². The summed E-state index contributed by atoms with van der Waals surface area (Å²) >= 11 is 7.98. The fourth-order valence-corrected chi connectivity index (χ4v) is 0.431. The van der Waals surface area contributed by atoms with Crippen molar-refractivity contribution < 1.29 is 41.8 Å². The van der Waals surface area contributed by atoms with Gasteiger partial charge in [-0.3, -0.25) is 0 Å². The van der Waals surface area contributed by atoms with E-state index in [2.05, 4.69) is 23.2 Å². The predicted octanol–water partition coefficient (Wildman–Crippen LogP) is 4.84. The monoisotopic (exact) mass is 310 g/mol. The van der Waals surface area contributed by atoms with Gasteiger partial charge >= 0.3 is 21.2 Å². The molecule has 0 spiro atoms. The summed E-state index contributed by atoms with van der Waals surface area (Å²) in [4.78, 5) is 1.87. The van der Waals surface area contributed by atoms with Gasteiger partial charge in [-0.1, -0.05) is 47.0 Å². The summed E-state index contributed by atoms with van der Waals surface area (Å²) in [5.41, 5.74) is 0. The Morgan fingerprint density at radius 2 is 1.20 bits per heavy atom. The maximum atomic E-state index is 12.0. The van der Waals surface area contributed by atoms with Gasteiger partial charge in [0.05, 0.1) is 0 Å². The molecule has 15 heavy (non-hydrogen) atoms. The van der Waals surface area contributed by atoms with Crippen LogP contribution in [-0.4, -0.2) is 10.7 Å². The third-order valence-corrected chi connectivity index (χ3v) is 1.36. The molecule has 0 radical (unpaired) electrons. The maximum Gasteiger partial charge on any atom is 0.445 e. The molecule has 0 amide bonds. The molecule has 0 rings (SSSR count). The van der Waals surface area contributed by atoms with Crippen molar-refractivity contribution >= 4 is 33.7 Å². The molecule has 0 saturated carbocycles. The van der Waals surface area contributed by atoms with Crippen LogP contribution in [0.5, 0.6) is 0 Å². The SMILES string of the molecule is FC(Cl)(Cl)C(F)(F)OOS(F)(F)(F)(F)F. The highest BCUT2D eigenvalue weighted by Crippen LogP contribution is 2.98. The van der Waals surface area contributed by atoms with Crippen LogP contribution in [0.2, 0.25) is 0 Å². The Balaban J connectivity index is 4.71. The molecule has 0 atom stereocenters. The average Bonchev–Trinajstić information content (AvgIpc) is 1.76. The van der Waals surface area contributed by atoms with Gasteiger partial charge in [0, 0.05) is 0 Å². The lowest BCUT2D eigenvalue weighted by atomic mass is 10.7. The third-order valence-electron chi connectivity index (χ3n) is 0.597. The summed E-state index contributed by atoms with van der Waals surface area (Å²) in [7, 11) is -10.7. The molecular formula is C2Cl2F8O2S. The molecule has 0 N–H and O–H groups in total. The van der Waals surface area contributed by atoms with Gasteiger partial charge in [-0.05, 0) is 0 Å². The topological polar surface area (TPSA) is 18.5 Å². The van der Waals surface area contributed by atoms with Crippen molar-refractivity contribution in [3.63, 3.8) is 0 Å². The van der Waals surface area contributed by atoms with Crippen LogP contribution in [-0.2, 0) is 9.22 Å². The first-order valence-electron chi connectivity index (χ1n) is 2.50. The average molecular weight is 311 g/mol. The van der Waals surface area contributed by atoms with Gasteiger partial charge in [0.25, 0.3) is 0 Å². The molecule has 2 nitrogen and oxygen atoms in total. The molecule has 0 heterocycles. The number of halogens is 10. The summed E-state index contributed by atoms with van der Waals surface area (Å²) in [6, 6.07) is 0. The molecule has 0 fully saturated rings. The first-order valence-corrected chi connectivity index (χ1v) is 5.14. The zero-order valence-electron chi connectivity index (χ0n) is 6.00. The van der Waals surface area contributed by atoms with E-state index in [-0.39, 0.29) is 0 Å². The third kappa shape index (κ3) is 6.45. The molecule has 0 aliphatic carbocycles. The van der Waals surface area contributed by atoms with E-state index in [0.717, 1.165) is 0 Å². The van der Waals surface area contributed by atoms with Crippen molar-refractivity contribution in [1.29, 1.82) is 0 Å². The van der Waals surface area contributed by atoms with Crippen molar-refractivity contribution in [3.8, 4) is 0 Å². The van der Waals surface area contributed by atoms with Crippen LogP contribution >= 0.6 is 33.7 Å². The second-order valence-electron chi connectivity index (χ2n) is 2.06. The first-order chi connectivity index (χ1) is 5.93. The van der Waals surface area contributed by atoms with Crippen molar-refractivity contribution in [3.05, 3.63) is 0 Å². The standard InChI is InChI=1S/C2Cl2F8O2S/c3-1(4,5)2(6,7)13-14-15(8,9,10,11)12. The smallest absolute Gasteiger partial charge is 0.198 e. The lowest BCUT2D eigenvalue weighted by Crippen LogP contribution is -2.38. The van der Waals surface area contributed by atoms with Crippen LogP contribution in [0.25, 0.3) is 0 Å². The van der Waals surface area contributed by atoms with E-state index < -0.39 is 21.2 Å². The highest BCUT2D eigenvalue weighted by Gasteiger charge is 2.71. The summed E-state index contributed by atoms with van der Waals surface area (Å²) in [5, 5.41) is 0. The Kier molecular flexibility index (Phi) is 3.00. The van der Waals surface area contributed by atoms with Crippen molar-refractivity contribution in [2.24, 2.45) is 0 Å². The maximum absolute atomic E-state index is 12.0. The molecule has 0 aliphatic heterocycles. The van der Waals surface area contributed by atoms with Crippen LogP contribution < -0.4 is 0 Å². The largest absolute Gasteiger partial charge is 0.445 e. The second kappa shape index (κ2) is 2.94. The molecule has 0 unspecified atom stereocenters. The van der Waals surface area contributed by atoms with Crippen molar-refractivity contribution in [1.82, 2.24) is 0 Å². The zero-order chi connectivity index (χ0) is 12.8. The lowest BCUT2D eigenvalue weighted by molar-refractivity contribution is -0.416. The molecular weight excluding hydrogens is 311 g/mol. The fraction of sp³-hybridized carbons (Fsp3) is 1.00. The lowest BCUT2D eigenvalue weighted by Gasteiger charge is -2.37. The molecule has 0 aromatic heterocycles. The highest BCUT2D eigenvalue weighted by atomic mass is 35.5. The molecule has 0 aromatic carbocycles. The summed E-state index contributed by atoms with van der Waals surface area (Å²) in [6.07, 6.45) is -5.63. The van der Waals surface area contributed by atoms with E-state index in [1.54, 1.807) is 0 Å². The normalized spacial score (nSPS) is 19.6. The summed E-state index contributed by atoms with van der Waals surface area (Å²) in [5.74, 6) is 0. The summed E-state index contributed by atoms with van der Waals surface area (Å²) < 4.78 is 88.8. The van der Waals surface area contributed by atoms with Crippen LogP contribution in [0.4, 0.5) is 32.6 Å². The minimum Gasteiger partial charge on any atom is -0.198 e. The van der Waals surface area contributed by atoms with Gasteiger partial charge in [0.15, 0.2) is 0 Å². The fourth-order valence-electron chi connectivity index (χ4n) is 0.154. The number of hydrogen-bond donors (Lipinski definition) is 0. The van der Waals surface area contributed by atoms with Crippen LogP contribution in [0.1, 0.15) is 0 Å². The van der Waals surface area contributed by atoms with Crippen molar-refractivity contribution in [2.75, 3.05) is 0 Å². The van der Waals surface area contributed by atoms with E-state index in [0.29, 0.717) is 0 Å². The summed E-state index contributed by atoms with van der Waals surface area (Å²) in [6.45, 7) is 0. The number of alkyl halides is 5. The van der Waals surface area contributed by atoms with E-state index in [4.69, 9.17) is 0 Å². The Bertz CT molecular complexity index is 252. The Morgan fingerprint density at radius 1 is 0.867 bits per heavy atom. The van der Waals surface area contributed by atoms with E-state index in [1.807, 2.05) is 4.89 Å². The van der Waals surface area contributed by atoms with Gasteiger partial charge in [-0.2, -0.15) is 13.2 Å². The van der Waals surface area contributed by atoms with Gasteiger partial charge in [-0.15, -0.1) is 4.89 Å². The Morgan fingerprint density at radius 3 is 1.40 bits per heavy atom. The quantitative estimate of drug-likeness (QED) is 0.320. The first kappa shape index (κ1) is 15.3. The second-order valence-corrected chi connectivity index (χ2v) is 5.23. The van der Waals surface area contributed by atoms with Gasteiger partial charge in [0.1, 0.15) is 0 Å². The van der Waals surface area contributed by atoms with Gasteiger partial charge in [0.2, 0.25) is 0 Å². The number of rotatable bonds is 4. The Hall–Kier alpha value is 0.290. The molecule has 0 aliphatic rings. The van der Waals surface area contributed by atoms with Crippen LogP contribution in [0.3, 0.4) is 0 Å². The molecule has 13 heteroatoms. The molecule has 96 valence electrons. The highest BCUT2D eigenvalue weighted by molar-refractivity contribution is 8.42. The van der Waals surface area contributed by atoms with Crippen LogP contribution in [0.15, 0.2) is 0 Å². The minimum absolute atomic E-state index is 1.32.